The van der Waals surface area contributed by atoms with E-state index in [0.29, 0.717) is 48.3 Å². The van der Waals surface area contributed by atoms with Gasteiger partial charge in [-0.3, -0.25) is 9.59 Å². The summed E-state index contributed by atoms with van der Waals surface area (Å²) in [5, 5.41) is 0. The second-order valence-electron chi connectivity index (χ2n) is 7.93. The minimum Gasteiger partial charge on any atom is -0.493 e. The fraction of sp³-hybridized carbons (Fsp3) is 0.417. The number of ether oxygens (including phenoxy) is 4. The molecule has 1 unspecified atom stereocenters. The van der Waals surface area contributed by atoms with Gasteiger partial charge in [-0.2, -0.15) is 0 Å². The monoisotopic (exact) mass is 440 g/mol. The van der Waals surface area contributed by atoms with Gasteiger partial charge in [-0.1, -0.05) is 0 Å². The molecule has 2 aliphatic heterocycles. The first-order valence-corrected chi connectivity index (χ1v) is 10.5. The van der Waals surface area contributed by atoms with Crippen molar-refractivity contribution in [2.75, 3.05) is 46.4 Å². The summed E-state index contributed by atoms with van der Waals surface area (Å²) in [6.07, 6.45) is 0.934. The Morgan fingerprint density at radius 2 is 1.50 bits per heavy atom. The summed E-state index contributed by atoms with van der Waals surface area (Å²) in [5.41, 5.74) is 2.90. The zero-order valence-corrected chi connectivity index (χ0v) is 18.8. The molecule has 0 aliphatic carbocycles. The summed E-state index contributed by atoms with van der Waals surface area (Å²) in [5.74, 6) is 2.03. The first-order valence-electron chi connectivity index (χ1n) is 10.5. The molecule has 8 heteroatoms. The number of carbonyl (C=O) groups is 2. The highest BCUT2D eigenvalue weighted by atomic mass is 16.5. The zero-order valence-electron chi connectivity index (χ0n) is 18.8. The molecule has 0 aromatic heterocycles. The number of benzene rings is 2. The van der Waals surface area contributed by atoms with Crippen molar-refractivity contribution >= 4 is 17.5 Å². The van der Waals surface area contributed by atoms with Gasteiger partial charge in [-0.25, -0.2) is 0 Å². The smallest absolute Gasteiger partial charge is 0.228 e. The summed E-state index contributed by atoms with van der Waals surface area (Å²) >= 11 is 0. The van der Waals surface area contributed by atoms with Crippen LogP contribution in [0.2, 0.25) is 0 Å². The van der Waals surface area contributed by atoms with E-state index in [1.54, 1.807) is 45.5 Å². The molecule has 32 heavy (non-hydrogen) atoms. The van der Waals surface area contributed by atoms with Crippen LogP contribution in [0, 0.1) is 5.92 Å². The number of methoxy groups -OCH3 is 4. The summed E-state index contributed by atoms with van der Waals surface area (Å²) in [6.45, 7) is 1.46. The van der Waals surface area contributed by atoms with Crippen LogP contribution >= 0.6 is 0 Å². The maximum Gasteiger partial charge on any atom is 0.228 e. The number of nitrogens with zero attached hydrogens (tertiary/aromatic N) is 2. The molecule has 170 valence electrons. The molecule has 2 aromatic carbocycles. The Bertz CT molecular complexity index is 1040. The Morgan fingerprint density at radius 1 is 0.875 bits per heavy atom. The van der Waals surface area contributed by atoms with Crippen LogP contribution in [-0.2, 0) is 22.6 Å². The van der Waals surface area contributed by atoms with Gasteiger partial charge in [0, 0.05) is 37.8 Å². The van der Waals surface area contributed by atoms with Crippen LogP contribution in [0.15, 0.2) is 30.3 Å². The van der Waals surface area contributed by atoms with Crippen LogP contribution in [0.3, 0.4) is 0 Å². The van der Waals surface area contributed by atoms with Gasteiger partial charge >= 0.3 is 0 Å². The Morgan fingerprint density at radius 3 is 2.16 bits per heavy atom. The summed E-state index contributed by atoms with van der Waals surface area (Å²) in [6, 6.07) is 9.25. The lowest BCUT2D eigenvalue weighted by molar-refractivity contribution is -0.136. The summed E-state index contributed by atoms with van der Waals surface area (Å²) in [7, 11) is 6.33. The van der Waals surface area contributed by atoms with Crippen molar-refractivity contribution in [1.82, 2.24) is 4.90 Å². The minimum absolute atomic E-state index is 0.00163. The molecular weight excluding hydrogens is 412 g/mol. The second kappa shape index (κ2) is 8.98. The van der Waals surface area contributed by atoms with Crippen LogP contribution in [-0.4, -0.2) is 58.2 Å². The number of fused-ring (bicyclic) bond motifs is 1. The SMILES string of the molecule is COc1ccc(N2CC(C(=O)N3CCc4cc(OC)c(OC)cc4C3)CC2=O)cc1OC. The predicted molar refractivity (Wildman–Crippen MR) is 119 cm³/mol. The molecule has 2 heterocycles. The van der Waals surface area contributed by atoms with Crippen LogP contribution in [0.1, 0.15) is 17.5 Å². The fourth-order valence-electron chi connectivity index (χ4n) is 4.44. The van der Waals surface area contributed by atoms with E-state index in [0.717, 1.165) is 17.5 Å². The van der Waals surface area contributed by atoms with E-state index in [1.807, 2.05) is 23.1 Å². The number of anilines is 1. The lowest BCUT2D eigenvalue weighted by Crippen LogP contribution is -2.40. The average molecular weight is 440 g/mol. The third kappa shape index (κ3) is 3.92. The van der Waals surface area contributed by atoms with Crippen molar-refractivity contribution in [2.24, 2.45) is 5.92 Å². The number of hydrogen-bond donors (Lipinski definition) is 0. The quantitative estimate of drug-likeness (QED) is 0.687. The summed E-state index contributed by atoms with van der Waals surface area (Å²) in [4.78, 5) is 29.5. The molecule has 1 saturated heterocycles. The molecule has 4 rings (SSSR count). The maximum absolute atomic E-state index is 13.3. The van der Waals surface area contributed by atoms with Gasteiger partial charge < -0.3 is 28.7 Å². The Kier molecular flexibility index (Phi) is 6.12. The fourth-order valence-corrected chi connectivity index (χ4v) is 4.44. The van der Waals surface area contributed by atoms with E-state index < -0.39 is 0 Å². The Balaban J connectivity index is 1.49. The van der Waals surface area contributed by atoms with Crippen LogP contribution < -0.4 is 23.8 Å². The van der Waals surface area contributed by atoms with Crippen LogP contribution in [0.5, 0.6) is 23.0 Å². The van der Waals surface area contributed by atoms with Crippen LogP contribution in [0.25, 0.3) is 0 Å². The van der Waals surface area contributed by atoms with E-state index >= 15 is 0 Å². The summed E-state index contributed by atoms with van der Waals surface area (Å²) < 4.78 is 21.4. The molecule has 2 aliphatic rings. The van der Waals surface area contributed by atoms with Gasteiger partial charge in [-0.05, 0) is 41.8 Å². The minimum atomic E-state index is -0.378. The predicted octanol–water partition coefficient (Wildman–Crippen LogP) is 2.66. The molecule has 1 atom stereocenters. The molecule has 0 N–H and O–H groups in total. The van der Waals surface area contributed by atoms with Crippen molar-refractivity contribution in [1.29, 1.82) is 0 Å². The molecule has 0 spiro atoms. The number of rotatable bonds is 6. The molecule has 8 nitrogen and oxygen atoms in total. The molecule has 1 fully saturated rings. The Labute approximate surface area is 187 Å². The lowest BCUT2D eigenvalue weighted by Gasteiger charge is -2.31. The van der Waals surface area contributed by atoms with Gasteiger partial charge in [0.1, 0.15) is 0 Å². The Hall–Kier alpha value is -3.42. The molecular formula is C24H28N2O6. The van der Waals surface area contributed by atoms with Gasteiger partial charge in [0.2, 0.25) is 11.8 Å². The molecule has 0 bridgehead atoms. The van der Waals surface area contributed by atoms with Crippen LogP contribution in [0.4, 0.5) is 5.69 Å². The first-order chi connectivity index (χ1) is 15.5. The van der Waals surface area contributed by atoms with Gasteiger partial charge in [0.15, 0.2) is 23.0 Å². The van der Waals surface area contributed by atoms with Gasteiger partial charge in [0.25, 0.3) is 0 Å². The maximum atomic E-state index is 13.3. The van der Waals surface area contributed by atoms with E-state index in [4.69, 9.17) is 18.9 Å². The largest absolute Gasteiger partial charge is 0.493 e. The zero-order chi connectivity index (χ0) is 22.8. The van der Waals surface area contributed by atoms with Crippen molar-refractivity contribution < 1.29 is 28.5 Å². The lowest BCUT2D eigenvalue weighted by atomic mass is 9.97. The highest BCUT2D eigenvalue weighted by Crippen LogP contribution is 2.36. The van der Waals surface area contributed by atoms with E-state index in [2.05, 4.69) is 0 Å². The standard InChI is InChI=1S/C24H28N2O6/c1-29-19-6-5-18(12-22(19)32-4)26-14-17(11-23(26)27)24(28)25-8-7-15-9-20(30-2)21(31-3)10-16(15)13-25/h5-6,9-10,12,17H,7-8,11,13-14H2,1-4H3. The third-order valence-electron chi connectivity index (χ3n) is 6.18. The normalized spacial score (nSPS) is 17.8. The number of carbonyl (C=O) groups excluding carboxylic acids is 2. The van der Waals surface area contributed by atoms with Crippen molar-refractivity contribution in [3.05, 3.63) is 41.5 Å². The van der Waals surface area contributed by atoms with Gasteiger partial charge in [-0.15, -0.1) is 0 Å². The van der Waals surface area contributed by atoms with Crippen molar-refractivity contribution in [2.45, 2.75) is 19.4 Å². The average Bonchev–Trinajstić information content (AvgIpc) is 3.23. The van der Waals surface area contributed by atoms with E-state index in [-0.39, 0.29) is 24.2 Å². The van der Waals surface area contributed by atoms with Crippen molar-refractivity contribution in [3.63, 3.8) is 0 Å². The second-order valence-corrected chi connectivity index (χ2v) is 7.93. The third-order valence-corrected chi connectivity index (χ3v) is 6.18. The molecule has 2 amide bonds. The molecule has 0 saturated carbocycles. The highest BCUT2D eigenvalue weighted by Gasteiger charge is 2.38. The van der Waals surface area contributed by atoms with E-state index in [1.165, 1.54) is 0 Å². The number of hydrogen-bond acceptors (Lipinski definition) is 6. The van der Waals surface area contributed by atoms with Crippen molar-refractivity contribution in [3.8, 4) is 23.0 Å². The molecule has 0 radical (unpaired) electrons. The number of amides is 2. The topological polar surface area (TPSA) is 77.5 Å². The first kappa shape index (κ1) is 21.8. The highest BCUT2D eigenvalue weighted by molar-refractivity contribution is 6.00. The van der Waals surface area contributed by atoms with E-state index in [9.17, 15) is 9.59 Å². The molecule has 2 aromatic rings. The van der Waals surface area contributed by atoms with Gasteiger partial charge in [0.05, 0.1) is 34.4 Å².